The molecule has 0 amide bonds. The van der Waals surface area contributed by atoms with Crippen molar-refractivity contribution in [3.8, 4) is 11.6 Å². The molecule has 29 heavy (non-hydrogen) atoms. The van der Waals surface area contributed by atoms with E-state index in [1.807, 2.05) is 73.8 Å². The van der Waals surface area contributed by atoms with E-state index >= 15 is 0 Å². The van der Waals surface area contributed by atoms with Gasteiger partial charge in [0.15, 0.2) is 5.75 Å². The van der Waals surface area contributed by atoms with Crippen molar-refractivity contribution in [3.63, 3.8) is 0 Å². The molecule has 0 saturated carbocycles. The standard InChI is InChI=1S/C25H19N3O/c1-28(20-9-3-2-4-10-20)21-11-5-6-12-22(21)29-23-16-15-19-14-13-18-8-7-17-26-24(18)25(19)27-23/h2-17H,1H3. The monoisotopic (exact) mass is 377 g/mol. The highest BCUT2D eigenvalue weighted by Crippen LogP contribution is 2.35. The average Bonchev–Trinajstić information content (AvgIpc) is 2.79. The van der Waals surface area contributed by atoms with Crippen LogP contribution in [0, 0.1) is 0 Å². The number of ether oxygens (including phenoxy) is 1. The van der Waals surface area contributed by atoms with Gasteiger partial charge in [0, 0.05) is 35.8 Å². The Kier molecular flexibility index (Phi) is 4.30. The molecule has 5 rings (SSSR count). The van der Waals surface area contributed by atoms with E-state index in [4.69, 9.17) is 9.72 Å². The highest BCUT2D eigenvalue weighted by molar-refractivity contribution is 6.02. The van der Waals surface area contributed by atoms with Crippen LogP contribution in [0.5, 0.6) is 11.6 Å². The Morgan fingerprint density at radius 1 is 0.690 bits per heavy atom. The van der Waals surface area contributed by atoms with Crippen LogP contribution in [0.3, 0.4) is 0 Å². The lowest BCUT2D eigenvalue weighted by molar-refractivity contribution is 0.466. The molecule has 0 unspecified atom stereocenters. The largest absolute Gasteiger partial charge is 0.437 e. The minimum absolute atomic E-state index is 0.546. The molecule has 0 N–H and O–H groups in total. The van der Waals surface area contributed by atoms with Crippen LogP contribution in [0.2, 0.25) is 0 Å². The Bertz CT molecular complexity index is 1300. The van der Waals surface area contributed by atoms with Gasteiger partial charge >= 0.3 is 0 Å². The molecule has 0 fully saturated rings. The van der Waals surface area contributed by atoms with Crippen molar-refractivity contribution in [3.05, 3.63) is 97.2 Å². The van der Waals surface area contributed by atoms with Gasteiger partial charge in [0.1, 0.15) is 5.52 Å². The number of hydrogen-bond acceptors (Lipinski definition) is 4. The first-order chi connectivity index (χ1) is 14.3. The fourth-order valence-corrected chi connectivity index (χ4v) is 3.49. The maximum absolute atomic E-state index is 6.23. The third-order valence-corrected chi connectivity index (χ3v) is 4.99. The van der Waals surface area contributed by atoms with Crippen molar-refractivity contribution < 1.29 is 4.74 Å². The van der Waals surface area contributed by atoms with E-state index in [2.05, 4.69) is 34.1 Å². The summed E-state index contributed by atoms with van der Waals surface area (Å²) >= 11 is 0. The summed E-state index contributed by atoms with van der Waals surface area (Å²) in [5.74, 6) is 1.29. The van der Waals surface area contributed by atoms with E-state index in [-0.39, 0.29) is 0 Å². The van der Waals surface area contributed by atoms with Crippen molar-refractivity contribution in [2.24, 2.45) is 0 Å². The van der Waals surface area contributed by atoms with Gasteiger partial charge in [-0.2, -0.15) is 0 Å². The zero-order chi connectivity index (χ0) is 19.6. The fraction of sp³-hybridized carbons (Fsp3) is 0.0400. The lowest BCUT2D eigenvalue weighted by atomic mass is 10.1. The SMILES string of the molecule is CN(c1ccccc1)c1ccccc1Oc1ccc2ccc3cccnc3c2n1. The summed E-state index contributed by atoms with van der Waals surface area (Å²) in [5.41, 5.74) is 3.78. The molecular formula is C25H19N3O. The van der Waals surface area contributed by atoms with Gasteiger partial charge in [0.05, 0.1) is 11.2 Å². The van der Waals surface area contributed by atoms with Gasteiger partial charge in [0.25, 0.3) is 0 Å². The van der Waals surface area contributed by atoms with E-state index in [0.717, 1.165) is 38.9 Å². The molecule has 4 heteroatoms. The van der Waals surface area contributed by atoms with Crippen LogP contribution < -0.4 is 9.64 Å². The number of nitrogens with zero attached hydrogens (tertiary/aromatic N) is 3. The molecule has 0 saturated heterocycles. The van der Waals surface area contributed by atoms with Crippen LogP contribution in [-0.2, 0) is 0 Å². The third-order valence-electron chi connectivity index (χ3n) is 4.99. The number of pyridine rings is 2. The number of para-hydroxylation sites is 3. The summed E-state index contributed by atoms with van der Waals surface area (Å²) < 4.78 is 6.23. The maximum atomic E-state index is 6.23. The highest BCUT2D eigenvalue weighted by atomic mass is 16.5. The summed E-state index contributed by atoms with van der Waals surface area (Å²) in [6, 6.07) is 30.2. The molecule has 4 nitrogen and oxygen atoms in total. The normalized spacial score (nSPS) is 10.9. The minimum atomic E-state index is 0.546. The summed E-state index contributed by atoms with van der Waals surface area (Å²) in [7, 11) is 2.03. The van der Waals surface area contributed by atoms with E-state index in [1.54, 1.807) is 6.20 Å². The van der Waals surface area contributed by atoms with Crippen molar-refractivity contribution in [2.45, 2.75) is 0 Å². The van der Waals surface area contributed by atoms with Crippen molar-refractivity contribution >= 4 is 33.2 Å². The molecule has 0 aliphatic carbocycles. The summed E-state index contributed by atoms with van der Waals surface area (Å²) in [6.45, 7) is 0. The minimum Gasteiger partial charge on any atom is -0.437 e. The zero-order valence-corrected chi connectivity index (χ0v) is 16.0. The van der Waals surface area contributed by atoms with Crippen molar-refractivity contribution in [1.82, 2.24) is 9.97 Å². The Labute approximate surface area is 169 Å². The van der Waals surface area contributed by atoms with Crippen LogP contribution in [0.15, 0.2) is 97.2 Å². The molecule has 0 aliphatic heterocycles. The number of aromatic nitrogens is 2. The molecule has 2 aromatic heterocycles. The van der Waals surface area contributed by atoms with E-state index in [9.17, 15) is 0 Å². The number of benzene rings is 3. The molecule has 0 bridgehead atoms. The van der Waals surface area contributed by atoms with Gasteiger partial charge in [0.2, 0.25) is 5.88 Å². The topological polar surface area (TPSA) is 38.2 Å². The lowest BCUT2D eigenvalue weighted by Gasteiger charge is -2.22. The van der Waals surface area contributed by atoms with E-state index in [1.165, 1.54) is 0 Å². The molecule has 140 valence electrons. The molecule has 3 aromatic carbocycles. The van der Waals surface area contributed by atoms with Crippen LogP contribution in [0.4, 0.5) is 11.4 Å². The van der Waals surface area contributed by atoms with E-state index < -0.39 is 0 Å². The molecule has 0 aliphatic rings. The second kappa shape index (κ2) is 7.24. The Hall–Kier alpha value is -3.92. The van der Waals surface area contributed by atoms with Crippen LogP contribution in [0.1, 0.15) is 0 Å². The van der Waals surface area contributed by atoms with Gasteiger partial charge in [-0.15, -0.1) is 0 Å². The Morgan fingerprint density at radius 3 is 2.28 bits per heavy atom. The van der Waals surface area contributed by atoms with Gasteiger partial charge in [-0.05, 0) is 36.4 Å². The van der Waals surface area contributed by atoms with Crippen molar-refractivity contribution in [2.75, 3.05) is 11.9 Å². The van der Waals surface area contributed by atoms with Crippen molar-refractivity contribution in [1.29, 1.82) is 0 Å². The van der Waals surface area contributed by atoms with Crippen LogP contribution >= 0.6 is 0 Å². The maximum Gasteiger partial charge on any atom is 0.219 e. The fourth-order valence-electron chi connectivity index (χ4n) is 3.49. The van der Waals surface area contributed by atoms with Gasteiger partial charge in [-0.1, -0.05) is 48.5 Å². The number of fused-ring (bicyclic) bond motifs is 3. The average molecular weight is 377 g/mol. The van der Waals surface area contributed by atoms with Gasteiger partial charge < -0.3 is 9.64 Å². The second-order valence-electron chi connectivity index (χ2n) is 6.83. The first kappa shape index (κ1) is 17.2. The smallest absolute Gasteiger partial charge is 0.219 e. The molecule has 0 radical (unpaired) electrons. The van der Waals surface area contributed by atoms with E-state index in [0.29, 0.717) is 5.88 Å². The predicted molar refractivity (Wildman–Crippen MR) is 118 cm³/mol. The molecule has 0 atom stereocenters. The van der Waals surface area contributed by atoms with Crippen LogP contribution in [-0.4, -0.2) is 17.0 Å². The highest BCUT2D eigenvalue weighted by Gasteiger charge is 2.12. The molecule has 0 spiro atoms. The number of hydrogen-bond donors (Lipinski definition) is 0. The first-order valence-corrected chi connectivity index (χ1v) is 9.50. The molecule has 2 heterocycles. The lowest BCUT2D eigenvalue weighted by Crippen LogP contribution is -2.10. The zero-order valence-electron chi connectivity index (χ0n) is 16.0. The molecular weight excluding hydrogens is 358 g/mol. The van der Waals surface area contributed by atoms with Gasteiger partial charge in [-0.25, -0.2) is 4.98 Å². The third kappa shape index (κ3) is 3.25. The summed E-state index contributed by atoms with van der Waals surface area (Å²) in [4.78, 5) is 11.4. The van der Waals surface area contributed by atoms with Crippen LogP contribution in [0.25, 0.3) is 21.8 Å². The summed E-state index contributed by atoms with van der Waals surface area (Å²) in [5, 5.41) is 2.10. The number of anilines is 2. The second-order valence-corrected chi connectivity index (χ2v) is 6.83. The predicted octanol–water partition coefficient (Wildman–Crippen LogP) is 6.34. The number of rotatable bonds is 4. The summed E-state index contributed by atoms with van der Waals surface area (Å²) in [6.07, 6.45) is 1.79. The Morgan fingerprint density at radius 2 is 1.41 bits per heavy atom. The molecule has 5 aromatic rings. The first-order valence-electron chi connectivity index (χ1n) is 9.50. The Balaban J connectivity index is 1.56. The quantitative estimate of drug-likeness (QED) is 0.342. The van der Waals surface area contributed by atoms with Gasteiger partial charge in [-0.3, -0.25) is 4.98 Å².